The molecule has 3 aromatic rings. The topological polar surface area (TPSA) is 123 Å². The average molecular weight is 437 g/mol. The zero-order valence-corrected chi connectivity index (χ0v) is 17.7. The van der Waals surface area contributed by atoms with Crippen LogP contribution in [0.4, 0.5) is 11.5 Å². The Morgan fingerprint density at radius 3 is 2.58 bits per heavy atom. The molecule has 1 heterocycles. The number of rotatable bonds is 9. The molecular weight excluding hydrogens is 418 g/mol. The van der Waals surface area contributed by atoms with E-state index < -0.39 is 10.6 Å². The Balaban J connectivity index is 2.00. The van der Waals surface area contributed by atoms with Crippen molar-refractivity contribution in [3.63, 3.8) is 0 Å². The minimum absolute atomic E-state index is 0.0460. The Kier molecular flexibility index (Phi) is 7.24. The molecule has 2 aromatic carbocycles. The average Bonchev–Trinajstić information content (AvgIpc) is 2.77. The summed E-state index contributed by atoms with van der Waals surface area (Å²) in [5.41, 5.74) is 0.839. The summed E-state index contributed by atoms with van der Waals surface area (Å²) in [7, 11) is 0. The Labute approximate surface area is 183 Å². The molecule has 0 radical (unpaired) electrons. The SMILES string of the molecule is CCOc1cc(C#N)cc(Oc2nc(SC)nc(NCc3ccccc3)c2[N+](=O)[O-])c1. The molecule has 0 saturated heterocycles. The van der Waals surface area contributed by atoms with Crippen molar-refractivity contribution in [3.8, 4) is 23.4 Å². The smallest absolute Gasteiger partial charge is 0.373 e. The third-order valence-corrected chi connectivity index (χ3v) is 4.58. The van der Waals surface area contributed by atoms with Gasteiger partial charge >= 0.3 is 11.6 Å². The Morgan fingerprint density at radius 1 is 1.19 bits per heavy atom. The second kappa shape index (κ2) is 10.3. The van der Waals surface area contributed by atoms with Crippen molar-refractivity contribution < 1.29 is 14.4 Å². The predicted octanol–water partition coefficient (Wildman–Crippen LogP) is 4.78. The molecule has 0 fully saturated rings. The summed E-state index contributed by atoms with van der Waals surface area (Å²) in [6.07, 6.45) is 1.76. The van der Waals surface area contributed by atoms with Crippen LogP contribution in [0.1, 0.15) is 18.1 Å². The summed E-state index contributed by atoms with van der Waals surface area (Å²) in [6, 6.07) is 16.0. The van der Waals surface area contributed by atoms with E-state index in [9.17, 15) is 15.4 Å². The Bertz CT molecular complexity index is 1120. The van der Waals surface area contributed by atoms with E-state index in [2.05, 4.69) is 15.3 Å². The van der Waals surface area contributed by atoms with E-state index in [1.54, 1.807) is 18.4 Å². The molecule has 3 rings (SSSR count). The molecule has 0 aliphatic rings. The van der Waals surface area contributed by atoms with Crippen LogP contribution in [0.2, 0.25) is 0 Å². The number of nitro groups is 1. The van der Waals surface area contributed by atoms with Crippen LogP contribution in [0.5, 0.6) is 17.4 Å². The van der Waals surface area contributed by atoms with Gasteiger partial charge in [-0.15, -0.1) is 0 Å². The van der Waals surface area contributed by atoms with Gasteiger partial charge in [-0.05, 0) is 30.9 Å². The van der Waals surface area contributed by atoms with Crippen LogP contribution in [0.25, 0.3) is 0 Å². The molecule has 0 saturated carbocycles. The van der Waals surface area contributed by atoms with Crippen LogP contribution in [0.3, 0.4) is 0 Å². The number of benzene rings is 2. The van der Waals surface area contributed by atoms with Crippen molar-refractivity contribution in [1.82, 2.24) is 9.97 Å². The van der Waals surface area contributed by atoms with Crippen LogP contribution >= 0.6 is 11.8 Å². The quantitative estimate of drug-likeness (QED) is 0.218. The first-order chi connectivity index (χ1) is 15.0. The summed E-state index contributed by atoms with van der Waals surface area (Å²) < 4.78 is 11.2. The lowest BCUT2D eigenvalue weighted by molar-refractivity contribution is -0.385. The molecule has 0 amide bonds. The first-order valence-electron chi connectivity index (χ1n) is 9.28. The fourth-order valence-electron chi connectivity index (χ4n) is 2.70. The molecule has 0 spiro atoms. The van der Waals surface area contributed by atoms with E-state index in [1.807, 2.05) is 43.3 Å². The molecule has 0 bridgehead atoms. The molecule has 10 heteroatoms. The second-order valence-electron chi connectivity index (χ2n) is 6.15. The van der Waals surface area contributed by atoms with E-state index in [4.69, 9.17) is 9.47 Å². The molecule has 9 nitrogen and oxygen atoms in total. The van der Waals surface area contributed by atoms with Gasteiger partial charge in [0, 0.05) is 12.6 Å². The lowest BCUT2D eigenvalue weighted by atomic mass is 10.2. The van der Waals surface area contributed by atoms with Gasteiger partial charge < -0.3 is 14.8 Å². The minimum atomic E-state index is -0.593. The van der Waals surface area contributed by atoms with Crippen LogP contribution in [-0.4, -0.2) is 27.8 Å². The molecular formula is C21H19N5O4S. The van der Waals surface area contributed by atoms with E-state index in [-0.39, 0.29) is 17.4 Å². The number of nitrogens with one attached hydrogen (secondary N) is 1. The number of hydrogen-bond donors (Lipinski definition) is 1. The molecule has 0 aliphatic carbocycles. The van der Waals surface area contributed by atoms with Gasteiger partial charge in [0.25, 0.3) is 0 Å². The zero-order valence-electron chi connectivity index (χ0n) is 16.9. The number of anilines is 1. The van der Waals surface area contributed by atoms with E-state index in [1.165, 1.54) is 17.8 Å². The van der Waals surface area contributed by atoms with Gasteiger partial charge in [0.2, 0.25) is 5.82 Å². The number of thioether (sulfide) groups is 1. The number of hydrogen-bond acceptors (Lipinski definition) is 9. The highest BCUT2D eigenvalue weighted by atomic mass is 32.2. The summed E-state index contributed by atoms with van der Waals surface area (Å²) in [6.45, 7) is 2.54. The van der Waals surface area contributed by atoms with Crippen LogP contribution < -0.4 is 14.8 Å². The first-order valence-corrected chi connectivity index (χ1v) is 10.5. The Hall–Kier alpha value is -3.84. The van der Waals surface area contributed by atoms with Crippen molar-refractivity contribution in [2.75, 3.05) is 18.2 Å². The highest BCUT2D eigenvalue weighted by Gasteiger charge is 2.27. The van der Waals surface area contributed by atoms with Gasteiger partial charge in [0.05, 0.1) is 23.2 Å². The standard InChI is InChI=1S/C21H19N5O4S/c1-3-29-16-9-15(12-22)10-17(11-16)30-20-18(26(27)28)19(24-21(25-20)31-2)23-13-14-7-5-4-6-8-14/h4-11H,3,13H2,1-2H3,(H,23,24,25). The van der Waals surface area contributed by atoms with Gasteiger partial charge in [-0.1, -0.05) is 42.1 Å². The molecule has 0 unspecified atom stereocenters. The lowest BCUT2D eigenvalue weighted by Crippen LogP contribution is -2.08. The van der Waals surface area contributed by atoms with Gasteiger partial charge in [-0.2, -0.15) is 15.2 Å². The minimum Gasteiger partial charge on any atom is -0.494 e. The molecule has 158 valence electrons. The molecule has 0 atom stereocenters. The zero-order chi connectivity index (χ0) is 22.2. The molecule has 31 heavy (non-hydrogen) atoms. The lowest BCUT2D eigenvalue weighted by Gasteiger charge is -2.12. The fraction of sp³-hybridized carbons (Fsp3) is 0.190. The van der Waals surface area contributed by atoms with Crippen molar-refractivity contribution in [2.45, 2.75) is 18.6 Å². The van der Waals surface area contributed by atoms with Gasteiger partial charge in [0.1, 0.15) is 11.5 Å². The first kappa shape index (κ1) is 21.9. The van der Waals surface area contributed by atoms with E-state index in [0.717, 1.165) is 5.56 Å². The van der Waals surface area contributed by atoms with Crippen molar-refractivity contribution in [1.29, 1.82) is 5.26 Å². The maximum Gasteiger partial charge on any atom is 0.373 e. The molecule has 0 aliphatic heterocycles. The summed E-state index contributed by atoms with van der Waals surface area (Å²) >= 11 is 1.23. The van der Waals surface area contributed by atoms with E-state index in [0.29, 0.717) is 29.6 Å². The number of aromatic nitrogens is 2. The van der Waals surface area contributed by atoms with Crippen molar-refractivity contribution in [2.24, 2.45) is 0 Å². The number of nitriles is 1. The van der Waals surface area contributed by atoms with Crippen LogP contribution in [-0.2, 0) is 6.54 Å². The normalized spacial score (nSPS) is 10.2. The Morgan fingerprint density at radius 2 is 1.94 bits per heavy atom. The third kappa shape index (κ3) is 5.61. The van der Waals surface area contributed by atoms with Gasteiger partial charge in [0.15, 0.2) is 5.16 Å². The maximum atomic E-state index is 11.9. The van der Waals surface area contributed by atoms with Crippen molar-refractivity contribution in [3.05, 3.63) is 69.8 Å². The molecule has 1 aromatic heterocycles. The molecule has 1 N–H and O–H groups in total. The maximum absolute atomic E-state index is 11.9. The predicted molar refractivity (Wildman–Crippen MR) is 117 cm³/mol. The third-order valence-electron chi connectivity index (χ3n) is 4.03. The number of nitrogens with zero attached hydrogens (tertiary/aromatic N) is 4. The van der Waals surface area contributed by atoms with E-state index >= 15 is 0 Å². The fourth-order valence-corrected chi connectivity index (χ4v) is 3.06. The summed E-state index contributed by atoms with van der Waals surface area (Å²) in [5, 5.41) is 24.4. The van der Waals surface area contributed by atoms with Crippen LogP contribution in [0, 0.1) is 21.4 Å². The summed E-state index contributed by atoms with van der Waals surface area (Å²) in [4.78, 5) is 19.7. The van der Waals surface area contributed by atoms with Gasteiger partial charge in [-0.25, -0.2) is 0 Å². The monoisotopic (exact) mass is 437 g/mol. The largest absolute Gasteiger partial charge is 0.494 e. The second-order valence-corrected chi connectivity index (χ2v) is 6.92. The van der Waals surface area contributed by atoms with Gasteiger partial charge in [-0.3, -0.25) is 10.1 Å². The highest BCUT2D eigenvalue weighted by molar-refractivity contribution is 7.98. The summed E-state index contributed by atoms with van der Waals surface area (Å²) in [5.74, 6) is 0.438. The van der Waals surface area contributed by atoms with Crippen molar-refractivity contribution >= 4 is 23.3 Å². The number of ether oxygens (including phenoxy) is 2. The van der Waals surface area contributed by atoms with Crippen LogP contribution in [0.15, 0.2) is 53.7 Å². The highest BCUT2D eigenvalue weighted by Crippen LogP contribution is 2.37.